The number of carbonyl (C=O) groups excluding carboxylic acids is 1. The zero-order valence-electron chi connectivity index (χ0n) is 18.2. The van der Waals surface area contributed by atoms with Crippen molar-refractivity contribution in [2.75, 3.05) is 7.05 Å². The van der Waals surface area contributed by atoms with Gasteiger partial charge in [-0.05, 0) is 45.2 Å². The molecule has 6 nitrogen and oxygen atoms in total. The number of benzene rings is 1. The Morgan fingerprint density at radius 1 is 1.30 bits per heavy atom. The first-order valence-electron chi connectivity index (χ1n) is 10.7. The molecule has 0 spiro atoms. The first kappa shape index (κ1) is 22.4. The second-order valence-corrected chi connectivity index (χ2v) is 9.51. The van der Waals surface area contributed by atoms with Gasteiger partial charge in [0.2, 0.25) is 5.91 Å². The largest absolute Gasteiger partial charge is 0.326 e. The molecule has 1 amide bonds. The summed E-state index contributed by atoms with van der Waals surface area (Å²) >= 11 is 1.30. The van der Waals surface area contributed by atoms with E-state index in [2.05, 4.69) is 6.07 Å². The van der Waals surface area contributed by atoms with Crippen molar-refractivity contribution in [1.82, 2.24) is 14.5 Å². The molecule has 160 valence electrons. The third kappa shape index (κ3) is 4.11. The summed E-state index contributed by atoms with van der Waals surface area (Å²) in [5, 5.41) is 10.5. The number of rotatable bonds is 6. The van der Waals surface area contributed by atoms with Crippen molar-refractivity contribution in [3.8, 4) is 6.07 Å². The molecular weight excluding hydrogens is 396 g/mol. The maximum atomic E-state index is 13.2. The lowest BCUT2D eigenvalue weighted by molar-refractivity contribution is -0.133. The van der Waals surface area contributed by atoms with Crippen LogP contribution in [0.15, 0.2) is 34.2 Å². The SMILES string of the molecule is CC[C@H](C)n1c(S[C@@H](C)C(=O)N(C)C2(C#N)CCCCC2)nc2ccccc2c1=O. The third-order valence-electron chi connectivity index (χ3n) is 6.30. The molecule has 0 radical (unpaired) electrons. The second-order valence-electron chi connectivity index (χ2n) is 8.21. The van der Waals surface area contributed by atoms with Crippen LogP contribution in [0.5, 0.6) is 0 Å². The maximum Gasteiger partial charge on any atom is 0.262 e. The van der Waals surface area contributed by atoms with Gasteiger partial charge in [-0.25, -0.2) is 4.98 Å². The summed E-state index contributed by atoms with van der Waals surface area (Å²) in [7, 11) is 1.74. The third-order valence-corrected chi connectivity index (χ3v) is 7.35. The molecule has 0 N–H and O–H groups in total. The summed E-state index contributed by atoms with van der Waals surface area (Å²) < 4.78 is 1.71. The van der Waals surface area contributed by atoms with E-state index in [1.54, 1.807) is 22.6 Å². The number of para-hydroxylation sites is 1. The van der Waals surface area contributed by atoms with Crippen molar-refractivity contribution in [1.29, 1.82) is 5.26 Å². The fraction of sp³-hybridized carbons (Fsp3) is 0.565. The topological polar surface area (TPSA) is 79.0 Å². The molecule has 1 aromatic carbocycles. The van der Waals surface area contributed by atoms with Gasteiger partial charge in [0.25, 0.3) is 5.56 Å². The van der Waals surface area contributed by atoms with Gasteiger partial charge in [-0.15, -0.1) is 0 Å². The highest BCUT2D eigenvalue weighted by Gasteiger charge is 2.40. The molecule has 1 aromatic heterocycles. The predicted octanol–water partition coefficient (Wildman–Crippen LogP) is 4.53. The first-order valence-corrected chi connectivity index (χ1v) is 11.6. The Morgan fingerprint density at radius 3 is 2.60 bits per heavy atom. The van der Waals surface area contributed by atoms with E-state index in [0.29, 0.717) is 16.1 Å². The maximum absolute atomic E-state index is 13.2. The molecule has 30 heavy (non-hydrogen) atoms. The van der Waals surface area contributed by atoms with Crippen LogP contribution >= 0.6 is 11.8 Å². The molecule has 0 bridgehead atoms. The van der Waals surface area contributed by atoms with Crippen LogP contribution in [0.4, 0.5) is 0 Å². The van der Waals surface area contributed by atoms with Gasteiger partial charge in [-0.2, -0.15) is 5.26 Å². The number of nitriles is 1. The summed E-state index contributed by atoms with van der Waals surface area (Å²) in [4.78, 5) is 32.8. The van der Waals surface area contributed by atoms with E-state index in [0.717, 1.165) is 38.5 Å². The van der Waals surface area contributed by atoms with Crippen molar-refractivity contribution in [2.24, 2.45) is 0 Å². The van der Waals surface area contributed by atoms with Gasteiger partial charge in [0, 0.05) is 13.1 Å². The van der Waals surface area contributed by atoms with E-state index in [9.17, 15) is 14.9 Å². The van der Waals surface area contributed by atoms with Crippen LogP contribution in [-0.2, 0) is 4.79 Å². The number of aromatic nitrogens is 2. The fourth-order valence-corrected chi connectivity index (χ4v) is 5.23. The van der Waals surface area contributed by atoms with Crippen LogP contribution in [0.2, 0.25) is 0 Å². The zero-order chi connectivity index (χ0) is 21.9. The molecule has 1 saturated carbocycles. The van der Waals surface area contributed by atoms with Gasteiger partial charge < -0.3 is 4.90 Å². The Labute approximate surface area is 182 Å². The number of carbonyl (C=O) groups is 1. The predicted molar refractivity (Wildman–Crippen MR) is 121 cm³/mol. The molecule has 2 aromatic rings. The number of thioether (sulfide) groups is 1. The van der Waals surface area contributed by atoms with Gasteiger partial charge in [-0.3, -0.25) is 14.2 Å². The summed E-state index contributed by atoms with van der Waals surface area (Å²) in [5.74, 6) is -0.0958. The van der Waals surface area contributed by atoms with E-state index >= 15 is 0 Å². The quantitative estimate of drug-likeness (QED) is 0.501. The summed E-state index contributed by atoms with van der Waals surface area (Å²) in [5.41, 5.74) is -0.165. The number of hydrogen-bond acceptors (Lipinski definition) is 5. The van der Waals surface area contributed by atoms with E-state index in [-0.39, 0.29) is 17.5 Å². The minimum absolute atomic E-state index is 0.0269. The summed E-state index contributed by atoms with van der Waals surface area (Å²) in [6.45, 7) is 5.86. The highest BCUT2D eigenvalue weighted by Crippen LogP contribution is 2.34. The molecule has 1 fully saturated rings. The molecule has 0 unspecified atom stereocenters. The highest BCUT2D eigenvalue weighted by atomic mass is 32.2. The normalized spacial score (nSPS) is 17.8. The Morgan fingerprint density at radius 2 is 1.97 bits per heavy atom. The molecule has 0 aliphatic heterocycles. The lowest BCUT2D eigenvalue weighted by atomic mass is 9.81. The Kier molecular flexibility index (Phi) is 6.87. The van der Waals surface area contributed by atoms with Crippen LogP contribution in [0, 0.1) is 11.3 Å². The average molecular weight is 427 g/mol. The van der Waals surface area contributed by atoms with Crippen molar-refractivity contribution in [3.63, 3.8) is 0 Å². The Bertz CT molecular complexity index is 1020. The van der Waals surface area contributed by atoms with Crippen LogP contribution in [0.1, 0.15) is 65.3 Å². The highest BCUT2D eigenvalue weighted by molar-refractivity contribution is 8.00. The van der Waals surface area contributed by atoms with Gasteiger partial charge in [0.05, 0.1) is 22.2 Å². The van der Waals surface area contributed by atoms with Gasteiger partial charge >= 0.3 is 0 Å². The van der Waals surface area contributed by atoms with E-state index in [1.165, 1.54) is 11.8 Å². The molecule has 1 aliphatic carbocycles. The average Bonchev–Trinajstić information content (AvgIpc) is 2.78. The minimum Gasteiger partial charge on any atom is -0.326 e. The number of amides is 1. The van der Waals surface area contributed by atoms with Crippen molar-refractivity contribution in [2.45, 2.75) is 81.3 Å². The minimum atomic E-state index is -0.725. The molecule has 2 atom stereocenters. The molecule has 0 saturated heterocycles. The van der Waals surface area contributed by atoms with Gasteiger partial charge in [-0.1, -0.05) is 50.1 Å². The lowest BCUT2D eigenvalue weighted by Crippen LogP contribution is -2.52. The smallest absolute Gasteiger partial charge is 0.262 e. The van der Waals surface area contributed by atoms with Crippen LogP contribution in [-0.4, -0.2) is 38.2 Å². The molecule has 1 aliphatic rings. The zero-order valence-corrected chi connectivity index (χ0v) is 19.0. The monoisotopic (exact) mass is 426 g/mol. The van der Waals surface area contributed by atoms with Crippen LogP contribution in [0.25, 0.3) is 10.9 Å². The van der Waals surface area contributed by atoms with Crippen LogP contribution < -0.4 is 5.56 Å². The van der Waals surface area contributed by atoms with Crippen molar-refractivity contribution < 1.29 is 4.79 Å². The van der Waals surface area contributed by atoms with E-state index in [4.69, 9.17) is 4.98 Å². The van der Waals surface area contributed by atoms with E-state index < -0.39 is 10.8 Å². The Balaban J connectivity index is 1.94. The first-order chi connectivity index (χ1) is 14.3. The van der Waals surface area contributed by atoms with Crippen molar-refractivity contribution in [3.05, 3.63) is 34.6 Å². The standard InChI is InChI=1S/C23H30N4O2S/c1-5-16(2)27-21(29)18-11-7-8-12-19(18)25-22(27)30-17(3)20(28)26(4)23(15-24)13-9-6-10-14-23/h7-8,11-12,16-17H,5-6,9-10,13-14H2,1-4H3/t16-,17-/m0/s1. The van der Waals surface area contributed by atoms with Crippen molar-refractivity contribution >= 4 is 28.6 Å². The lowest BCUT2D eigenvalue weighted by Gasteiger charge is -2.40. The number of hydrogen-bond donors (Lipinski definition) is 0. The van der Waals surface area contributed by atoms with Gasteiger partial charge in [0.15, 0.2) is 5.16 Å². The second kappa shape index (κ2) is 9.22. The van der Waals surface area contributed by atoms with E-state index in [1.807, 2.05) is 39.0 Å². The molecule has 7 heteroatoms. The van der Waals surface area contributed by atoms with Gasteiger partial charge in [0.1, 0.15) is 5.54 Å². The molecule has 1 heterocycles. The Hall–Kier alpha value is -2.33. The number of fused-ring (bicyclic) bond motifs is 1. The van der Waals surface area contributed by atoms with Crippen LogP contribution in [0.3, 0.4) is 0 Å². The number of nitrogens with zero attached hydrogens (tertiary/aromatic N) is 4. The summed E-state index contributed by atoms with van der Waals surface area (Å²) in [6, 6.07) is 9.70. The molecule has 3 rings (SSSR count). The fourth-order valence-electron chi connectivity index (χ4n) is 4.13. The molecular formula is C23H30N4O2S. The summed E-state index contributed by atoms with van der Waals surface area (Å²) in [6.07, 6.45) is 5.26.